The highest BCUT2D eigenvalue weighted by atomic mass is 16.7. The first-order chi connectivity index (χ1) is 8.11. The average Bonchev–Trinajstić information content (AvgIpc) is 2.62. The lowest BCUT2D eigenvalue weighted by atomic mass is 10.1. The minimum Gasteiger partial charge on any atom is -0.394 e. The summed E-state index contributed by atoms with van der Waals surface area (Å²) in [5.41, 5.74) is 0. The van der Waals surface area contributed by atoms with Gasteiger partial charge in [-0.2, -0.15) is 0 Å². The van der Waals surface area contributed by atoms with Crippen LogP contribution in [0.15, 0.2) is 12.7 Å². The van der Waals surface area contributed by atoms with Gasteiger partial charge in [-0.15, -0.1) is 6.58 Å². The van der Waals surface area contributed by atoms with Gasteiger partial charge in [-0.05, 0) is 12.8 Å². The van der Waals surface area contributed by atoms with Gasteiger partial charge >= 0.3 is 0 Å². The topological polar surface area (TPSA) is 99.4 Å². The Hall–Kier alpha value is -0.500. The predicted molar refractivity (Wildman–Crippen MR) is 59.2 cm³/mol. The molecule has 0 unspecified atom stereocenters. The lowest BCUT2D eigenvalue weighted by Gasteiger charge is -2.18. The highest BCUT2D eigenvalue weighted by Crippen LogP contribution is 2.24. The van der Waals surface area contributed by atoms with Crippen LogP contribution in [0.3, 0.4) is 0 Å². The van der Waals surface area contributed by atoms with Gasteiger partial charge in [0, 0.05) is 0 Å². The Bertz CT molecular complexity index is 234. The molecule has 1 rings (SSSR count). The van der Waals surface area contributed by atoms with E-state index in [4.69, 9.17) is 14.6 Å². The van der Waals surface area contributed by atoms with Gasteiger partial charge in [-0.3, -0.25) is 0 Å². The Morgan fingerprint density at radius 3 is 2.65 bits per heavy atom. The van der Waals surface area contributed by atoms with E-state index in [9.17, 15) is 15.3 Å². The van der Waals surface area contributed by atoms with Gasteiger partial charge in [0.05, 0.1) is 13.2 Å². The summed E-state index contributed by atoms with van der Waals surface area (Å²) in [6.07, 6.45) is -2.44. The van der Waals surface area contributed by atoms with E-state index in [0.29, 0.717) is 6.61 Å². The number of ether oxygens (including phenoxy) is 2. The highest BCUT2D eigenvalue weighted by molar-refractivity contribution is 4.90. The highest BCUT2D eigenvalue weighted by Gasteiger charge is 2.46. The van der Waals surface area contributed by atoms with E-state index in [2.05, 4.69) is 6.58 Å². The molecule has 1 aliphatic rings. The molecule has 1 aliphatic heterocycles. The molecule has 1 saturated heterocycles. The van der Waals surface area contributed by atoms with E-state index >= 15 is 0 Å². The van der Waals surface area contributed by atoms with Crippen LogP contribution in [0.4, 0.5) is 0 Å². The smallest absolute Gasteiger partial charge is 0.186 e. The third-order valence-corrected chi connectivity index (χ3v) is 2.66. The molecule has 4 N–H and O–H groups in total. The molecule has 6 heteroatoms. The van der Waals surface area contributed by atoms with Crippen LogP contribution >= 0.6 is 0 Å². The molecule has 1 heterocycles. The van der Waals surface area contributed by atoms with E-state index < -0.39 is 37.3 Å². The van der Waals surface area contributed by atoms with Crippen molar-refractivity contribution in [1.82, 2.24) is 0 Å². The maximum atomic E-state index is 9.62. The summed E-state index contributed by atoms with van der Waals surface area (Å²) in [6, 6.07) is 0. The maximum Gasteiger partial charge on any atom is 0.186 e. The van der Waals surface area contributed by atoms with Crippen LogP contribution in [0.1, 0.15) is 12.8 Å². The fraction of sp³-hybridized carbons (Fsp3) is 0.818. The van der Waals surface area contributed by atoms with Gasteiger partial charge in [0.1, 0.15) is 24.4 Å². The Labute approximate surface area is 100 Å². The molecule has 1 fully saturated rings. The van der Waals surface area contributed by atoms with Crippen molar-refractivity contribution in [2.24, 2.45) is 0 Å². The Balaban J connectivity index is 2.39. The Kier molecular flexibility index (Phi) is 6.04. The van der Waals surface area contributed by atoms with Crippen molar-refractivity contribution >= 4 is 0 Å². The average molecular weight is 248 g/mol. The minimum absolute atomic E-state index is 0.363. The quantitative estimate of drug-likeness (QED) is 0.332. The molecule has 5 atom stereocenters. The summed E-state index contributed by atoms with van der Waals surface area (Å²) in [4.78, 5) is 0. The molecular formula is C11H20O6. The van der Waals surface area contributed by atoms with Crippen molar-refractivity contribution in [2.45, 2.75) is 43.5 Å². The van der Waals surface area contributed by atoms with Gasteiger partial charge in [-0.25, -0.2) is 0 Å². The van der Waals surface area contributed by atoms with Crippen LogP contribution in [-0.2, 0) is 9.47 Å². The number of allylic oxidation sites excluding steroid dienone is 1. The van der Waals surface area contributed by atoms with Crippen molar-refractivity contribution in [1.29, 1.82) is 0 Å². The van der Waals surface area contributed by atoms with Crippen LogP contribution in [0.25, 0.3) is 0 Å². The monoisotopic (exact) mass is 248 g/mol. The molecule has 0 bridgehead atoms. The second-order valence-electron chi connectivity index (χ2n) is 4.00. The molecule has 0 radical (unpaired) electrons. The van der Waals surface area contributed by atoms with Crippen molar-refractivity contribution in [3.05, 3.63) is 12.7 Å². The SMILES string of the molecule is C=CCCCO[C@H]1O[C@@H]([C@H](O)CO)[C@H](O)[C@H]1O. The number of hydrogen-bond acceptors (Lipinski definition) is 6. The van der Waals surface area contributed by atoms with E-state index in [1.807, 2.05) is 0 Å². The van der Waals surface area contributed by atoms with Crippen LogP contribution in [-0.4, -0.2) is 64.3 Å². The van der Waals surface area contributed by atoms with E-state index in [-0.39, 0.29) is 0 Å². The van der Waals surface area contributed by atoms with Crippen molar-refractivity contribution < 1.29 is 29.9 Å². The molecule has 0 aromatic carbocycles. The number of aliphatic hydroxyl groups excluding tert-OH is 4. The molecule has 0 amide bonds. The molecular weight excluding hydrogens is 228 g/mol. The van der Waals surface area contributed by atoms with Gasteiger partial charge in [0.25, 0.3) is 0 Å². The molecule has 0 aromatic heterocycles. The molecule has 0 spiro atoms. The summed E-state index contributed by atoms with van der Waals surface area (Å²) in [7, 11) is 0. The maximum absolute atomic E-state index is 9.62. The van der Waals surface area contributed by atoms with Crippen LogP contribution in [0.2, 0.25) is 0 Å². The van der Waals surface area contributed by atoms with Crippen LogP contribution < -0.4 is 0 Å². The second-order valence-corrected chi connectivity index (χ2v) is 4.00. The summed E-state index contributed by atoms with van der Waals surface area (Å²) in [5, 5.41) is 37.3. The first-order valence-corrected chi connectivity index (χ1v) is 5.64. The molecule has 17 heavy (non-hydrogen) atoms. The van der Waals surface area contributed by atoms with E-state index in [0.717, 1.165) is 12.8 Å². The van der Waals surface area contributed by atoms with Crippen LogP contribution in [0.5, 0.6) is 0 Å². The van der Waals surface area contributed by atoms with Gasteiger partial charge in [0.2, 0.25) is 0 Å². The molecule has 6 nitrogen and oxygen atoms in total. The Morgan fingerprint density at radius 1 is 1.35 bits per heavy atom. The fourth-order valence-corrected chi connectivity index (χ4v) is 1.66. The Morgan fingerprint density at radius 2 is 2.06 bits per heavy atom. The fourth-order valence-electron chi connectivity index (χ4n) is 1.66. The van der Waals surface area contributed by atoms with Crippen LogP contribution in [0, 0.1) is 0 Å². The zero-order chi connectivity index (χ0) is 12.8. The lowest BCUT2D eigenvalue weighted by Crippen LogP contribution is -2.40. The summed E-state index contributed by atoms with van der Waals surface area (Å²) in [6.45, 7) is 3.39. The molecule has 0 saturated carbocycles. The zero-order valence-electron chi connectivity index (χ0n) is 9.60. The van der Waals surface area contributed by atoms with Crippen molar-refractivity contribution in [2.75, 3.05) is 13.2 Å². The van der Waals surface area contributed by atoms with Crippen molar-refractivity contribution in [3.8, 4) is 0 Å². The summed E-state index contributed by atoms with van der Waals surface area (Å²) < 4.78 is 10.4. The zero-order valence-corrected chi connectivity index (χ0v) is 9.60. The third-order valence-electron chi connectivity index (χ3n) is 2.66. The first kappa shape index (κ1) is 14.6. The number of unbranched alkanes of at least 4 members (excludes halogenated alkanes) is 1. The lowest BCUT2D eigenvalue weighted by molar-refractivity contribution is -0.180. The predicted octanol–water partition coefficient (Wildman–Crippen LogP) is -1.23. The third kappa shape index (κ3) is 3.74. The number of aliphatic hydroxyl groups is 4. The van der Waals surface area contributed by atoms with E-state index in [1.165, 1.54) is 0 Å². The molecule has 0 aliphatic carbocycles. The molecule has 100 valence electrons. The first-order valence-electron chi connectivity index (χ1n) is 5.64. The second kappa shape index (κ2) is 7.05. The van der Waals surface area contributed by atoms with Gasteiger partial charge < -0.3 is 29.9 Å². The normalized spacial score (nSPS) is 34.8. The summed E-state index contributed by atoms with van der Waals surface area (Å²) >= 11 is 0. The summed E-state index contributed by atoms with van der Waals surface area (Å²) in [5.74, 6) is 0. The van der Waals surface area contributed by atoms with Gasteiger partial charge in [0.15, 0.2) is 6.29 Å². The number of hydrogen-bond donors (Lipinski definition) is 4. The number of rotatable bonds is 7. The molecule has 0 aromatic rings. The minimum atomic E-state index is -1.26. The van der Waals surface area contributed by atoms with Crippen molar-refractivity contribution in [3.63, 3.8) is 0 Å². The van der Waals surface area contributed by atoms with E-state index in [1.54, 1.807) is 6.08 Å². The van der Waals surface area contributed by atoms with Gasteiger partial charge in [-0.1, -0.05) is 6.08 Å². The standard InChI is InChI=1S/C11H20O6/c1-2-3-4-5-16-11-9(15)8(14)10(17-11)7(13)6-12/h2,7-15H,1,3-6H2/t7-,8-,9-,10+,11+/m1/s1. The largest absolute Gasteiger partial charge is 0.394 e.